The molecule has 0 aliphatic rings. The SMILES string of the molecule is Cc1ccc(-c2sc(C)c(C)c2C)cc1. The van der Waals surface area contributed by atoms with Crippen LogP contribution in [-0.4, -0.2) is 0 Å². The average molecular weight is 216 g/mol. The van der Waals surface area contributed by atoms with Crippen LogP contribution < -0.4 is 0 Å². The Hall–Kier alpha value is -1.08. The molecule has 2 rings (SSSR count). The van der Waals surface area contributed by atoms with Gasteiger partial charge in [-0.15, -0.1) is 11.3 Å². The molecule has 2 aromatic rings. The van der Waals surface area contributed by atoms with Crippen LogP contribution in [0.3, 0.4) is 0 Å². The smallest absolute Gasteiger partial charge is 0.0377 e. The van der Waals surface area contributed by atoms with Crippen molar-refractivity contribution in [3.05, 3.63) is 45.8 Å². The molecule has 0 radical (unpaired) electrons. The fourth-order valence-electron chi connectivity index (χ4n) is 1.72. The molecule has 0 atom stereocenters. The molecule has 0 bridgehead atoms. The summed E-state index contributed by atoms with van der Waals surface area (Å²) < 4.78 is 0. The Morgan fingerprint density at radius 2 is 1.40 bits per heavy atom. The Bertz CT molecular complexity index is 475. The Morgan fingerprint density at radius 3 is 1.87 bits per heavy atom. The minimum Gasteiger partial charge on any atom is -0.140 e. The minimum atomic E-state index is 1.32. The molecule has 0 amide bonds. The molecule has 0 nitrogen and oxygen atoms in total. The fourth-order valence-corrected chi connectivity index (χ4v) is 2.89. The highest BCUT2D eigenvalue weighted by atomic mass is 32.1. The third-order valence-electron chi connectivity index (χ3n) is 3.00. The number of rotatable bonds is 1. The van der Waals surface area contributed by atoms with Gasteiger partial charge in [0.2, 0.25) is 0 Å². The Balaban J connectivity index is 2.54. The Kier molecular flexibility index (Phi) is 2.66. The Labute approximate surface area is 95.6 Å². The van der Waals surface area contributed by atoms with Gasteiger partial charge in [-0.25, -0.2) is 0 Å². The molecule has 0 aliphatic carbocycles. The molecule has 0 N–H and O–H groups in total. The number of thiophene rings is 1. The van der Waals surface area contributed by atoms with Crippen molar-refractivity contribution in [2.45, 2.75) is 27.7 Å². The van der Waals surface area contributed by atoms with E-state index >= 15 is 0 Å². The van der Waals surface area contributed by atoms with E-state index in [2.05, 4.69) is 52.0 Å². The summed E-state index contributed by atoms with van der Waals surface area (Å²) in [6, 6.07) is 8.79. The average Bonchev–Trinajstić information content (AvgIpc) is 2.47. The van der Waals surface area contributed by atoms with Crippen molar-refractivity contribution in [1.82, 2.24) is 0 Å². The largest absolute Gasteiger partial charge is 0.140 e. The lowest BCUT2D eigenvalue weighted by atomic mass is 10.1. The summed E-state index contributed by atoms with van der Waals surface area (Å²) in [7, 11) is 0. The third-order valence-corrected chi connectivity index (χ3v) is 4.36. The zero-order chi connectivity index (χ0) is 11.0. The molecule has 15 heavy (non-hydrogen) atoms. The summed E-state index contributed by atoms with van der Waals surface area (Å²) in [6.07, 6.45) is 0. The van der Waals surface area contributed by atoms with Gasteiger partial charge in [0.05, 0.1) is 0 Å². The first kappa shape index (κ1) is 10.4. The molecule has 0 unspecified atom stereocenters. The summed E-state index contributed by atoms with van der Waals surface area (Å²) >= 11 is 1.90. The van der Waals surface area contributed by atoms with Gasteiger partial charge >= 0.3 is 0 Å². The molecule has 0 saturated carbocycles. The number of hydrogen-bond acceptors (Lipinski definition) is 1. The maximum absolute atomic E-state index is 2.22. The molecule has 1 heteroatoms. The highest BCUT2D eigenvalue weighted by Crippen LogP contribution is 2.35. The van der Waals surface area contributed by atoms with E-state index in [1.54, 1.807) is 0 Å². The normalized spacial score (nSPS) is 10.7. The number of hydrogen-bond donors (Lipinski definition) is 0. The monoisotopic (exact) mass is 216 g/mol. The first-order valence-electron chi connectivity index (χ1n) is 5.23. The van der Waals surface area contributed by atoms with Crippen LogP contribution in [0.1, 0.15) is 21.6 Å². The molecule has 1 aromatic heterocycles. The van der Waals surface area contributed by atoms with Crippen molar-refractivity contribution >= 4 is 11.3 Å². The molecule has 1 heterocycles. The van der Waals surface area contributed by atoms with Gasteiger partial charge in [-0.05, 0) is 44.4 Å². The van der Waals surface area contributed by atoms with Gasteiger partial charge in [-0.3, -0.25) is 0 Å². The van der Waals surface area contributed by atoms with Gasteiger partial charge in [-0.2, -0.15) is 0 Å². The number of aryl methyl sites for hydroxylation is 2. The highest BCUT2D eigenvalue weighted by Gasteiger charge is 2.09. The lowest BCUT2D eigenvalue weighted by Gasteiger charge is -2.00. The molecule has 0 spiro atoms. The number of benzene rings is 1. The summed E-state index contributed by atoms with van der Waals surface area (Å²) in [5, 5.41) is 0. The van der Waals surface area contributed by atoms with Crippen molar-refractivity contribution in [3.8, 4) is 10.4 Å². The maximum atomic E-state index is 2.22. The van der Waals surface area contributed by atoms with E-state index in [9.17, 15) is 0 Å². The highest BCUT2D eigenvalue weighted by molar-refractivity contribution is 7.15. The molecule has 0 fully saturated rings. The summed E-state index contributed by atoms with van der Waals surface area (Å²) in [6.45, 7) is 8.75. The van der Waals surface area contributed by atoms with E-state index in [1.165, 1.54) is 32.0 Å². The predicted octanol–water partition coefficient (Wildman–Crippen LogP) is 4.65. The van der Waals surface area contributed by atoms with Crippen LogP contribution in [0.4, 0.5) is 0 Å². The first-order valence-corrected chi connectivity index (χ1v) is 6.05. The van der Waals surface area contributed by atoms with E-state index in [4.69, 9.17) is 0 Å². The topological polar surface area (TPSA) is 0 Å². The molecular weight excluding hydrogens is 200 g/mol. The second-order valence-electron chi connectivity index (χ2n) is 4.10. The maximum Gasteiger partial charge on any atom is 0.0377 e. The summed E-state index contributed by atoms with van der Waals surface area (Å²) in [4.78, 5) is 2.85. The second-order valence-corrected chi connectivity index (χ2v) is 5.33. The summed E-state index contributed by atoms with van der Waals surface area (Å²) in [5.41, 5.74) is 5.54. The fraction of sp³-hybridized carbons (Fsp3) is 0.286. The quantitative estimate of drug-likeness (QED) is 0.651. The van der Waals surface area contributed by atoms with Crippen molar-refractivity contribution in [2.75, 3.05) is 0 Å². The molecule has 78 valence electrons. The van der Waals surface area contributed by atoms with Crippen molar-refractivity contribution in [2.24, 2.45) is 0 Å². The standard InChI is InChI=1S/C14H16S/c1-9-5-7-13(8-6-9)14-11(3)10(2)12(4)15-14/h5-8H,1-4H3. The van der Waals surface area contributed by atoms with Gasteiger partial charge in [0, 0.05) is 9.75 Å². The lowest BCUT2D eigenvalue weighted by Crippen LogP contribution is -1.79. The van der Waals surface area contributed by atoms with Gasteiger partial charge < -0.3 is 0 Å². The van der Waals surface area contributed by atoms with Gasteiger partial charge in [-0.1, -0.05) is 29.8 Å². The van der Waals surface area contributed by atoms with E-state index < -0.39 is 0 Å². The van der Waals surface area contributed by atoms with E-state index in [-0.39, 0.29) is 0 Å². The second kappa shape index (κ2) is 3.82. The van der Waals surface area contributed by atoms with Crippen LogP contribution in [0.15, 0.2) is 24.3 Å². The lowest BCUT2D eigenvalue weighted by molar-refractivity contribution is 1.35. The summed E-state index contributed by atoms with van der Waals surface area (Å²) in [5.74, 6) is 0. The molecule has 0 aliphatic heterocycles. The van der Waals surface area contributed by atoms with Gasteiger partial charge in [0.25, 0.3) is 0 Å². The first-order chi connectivity index (χ1) is 7.09. The zero-order valence-electron chi connectivity index (χ0n) is 9.72. The zero-order valence-corrected chi connectivity index (χ0v) is 10.5. The van der Waals surface area contributed by atoms with Crippen LogP contribution in [0.5, 0.6) is 0 Å². The minimum absolute atomic E-state index is 1.32. The van der Waals surface area contributed by atoms with Crippen molar-refractivity contribution in [3.63, 3.8) is 0 Å². The van der Waals surface area contributed by atoms with Gasteiger partial charge in [0.15, 0.2) is 0 Å². The predicted molar refractivity (Wildman–Crippen MR) is 68.7 cm³/mol. The van der Waals surface area contributed by atoms with Crippen LogP contribution in [0.25, 0.3) is 10.4 Å². The molecule has 0 saturated heterocycles. The molecular formula is C14H16S. The third kappa shape index (κ3) is 1.84. The van der Waals surface area contributed by atoms with Crippen molar-refractivity contribution < 1.29 is 0 Å². The van der Waals surface area contributed by atoms with E-state index in [0.717, 1.165) is 0 Å². The van der Waals surface area contributed by atoms with Crippen molar-refractivity contribution in [1.29, 1.82) is 0 Å². The van der Waals surface area contributed by atoms with Crippen LogP contribution in [-0.2, 0) is 0 Å². The van der Waals surface area contributed by atoms with Gasteiger partial charge in [0.1, 0.15) is 0 Å². The van der Waals surface area contributed by atoms with Crippen LogP contribution in [0.2, 0.25) is 0 Å². The van der Waals surface area contributed by atoms with Crippen LogP contribution >= 0.6 is 11.3 Å². The van der Waals surface area contributed by atoms with E-state index in [1.807, 2.05) is 11.3 Å². The molecule has 1 aromatic carbocycles. The Morgan fingerprint density at radius 1 is 0.800 bits per heavy atom. The van der Waals surface area contributed by atoms with Crippen LogP contribution in [0, 0.1) is 27.7 Å². The van der Waals surface area contributed by atoms with E-state index in [0.29, 0.717) is 0 Å².